The number of allylic oxidation sites excluding steroid dienone is 16. The fraction of sp³-hybridized carbons (Fsp3) is 0.173. The summed E-state index contributed by atoms with van der Waals surface area (Å²) in [6.45, 7) is 0. The first-order chi connectivity index (χ1) is 26.8. The highest BCUT2D eigenvalue weighted by Gasteiger charge is 2.32. The van der Waals surface area contributed by atoms with Crippen LogP contribution in [0, 0.1) is 0 Å². The molecule has 4 aromatic carbocycles. The van der Waals surface area contributed by atoms with Crippen molar-refractivity contribution in [2.24, 2.45) is 4.99 Å². The maximum absolute atomic E-state index is 5.58. The van der Waals surface area contributed by atoms with Gasteiger partial charge in [-0.25, -0.2) is 0 Å². The van der Waals surface area contributed by atoms with E-state index in [1.165, 1.54) is 78.1 Å². The summed E-state index contributed by atoms with van der Waals surface area (Å²) in [7, 11) is 0. The maximum atomic E-state index is 5.58. The van der Waals surface area contributed by atoms with Crippen LogP contribution >= 0.6 is 0 Å². The molecule has 0 bridgehead atoms. The molecule has 6 aliphatic rings. The zero-order chi connectivity index (χ0) is 35.8. The molecule has 0 amide bonds. The monoisotopic (exact) mass is 696 g/mol. The Morgan fingerprint density at radius 2 is 1.26 bits per heavy atom. The van der Waals surface area contributed by atoms with Crippen molar-refractivity contribution in [1.82, 2.24) is 5.32 Å². The smallest absolute Gasteiger partial charge is 0.145 e. The topological polar surface area (TPSA) is 24.4 Å². The van der Waals surface area contributed by atoms with Crippen LogP contribution in [0.4, 0.5) is 0 Å². The Morgan fingerprint density at radius 3 is 2.00 bits per heavy atom. The van der Waals surface area contributed by atoms with Crippen molar-refractivity contribution in [3.63, 3.8) is 0 Å². The summed E-state index contributed by atoms with van der Waals surface area (Å²) in [5.74, 6) is 0.767. The van der Waals surface area contributed by atoms with Crippen molar-refractivity contribution < 1.29 is 0 Å². The second-order valence-corrected chi connectivity index (χ2v) is 15.1. The molecule has 0 fully saturated rings. The zero-order valence-electron chi connectivity index (χ0n) is 30.6. The van der Waals surface area contributed by atoms with E-state index >= 15 is 0 Å². The molecule has 10 rings (SSSR count). The average molecular weight is 697 g/mol. The molecule has 2 nitrogen and oxygen atoms in total. The lowest BCUT2D eigenvalue weighted by molar-refractivity contribution is 0.620. The molecule has 0 aromatic heterocycles. The van der Waals surface area contributed by atoms with Crippen LogP contribution in [0.1, 0.15) is 73.2 Å². The van der Waals surface area contributed by atoms with Gasteiger partial charge in [0.05, 0.1) is 11.4 Å². The van der Waals surface area contributed by atoms with E-state index in [4.69, 9.17) is 4.99 Å². The molecule has 3 atom stereocenters. The Hall–Kier alpha value is -5.99. The van der Waals surface area contributed by atoms with Gasteiger partial charge in [-0.15, -0.1) is 0 Å². The quantitative estimate of drug-likeness (QED) is 0.213. The van der Waals surface area contributed by atoms with Gasteiger partial charge in [0.2, 0.25) is 0 Å². The summed E-state index contributed by atoms with van der Waals surface area (Å²) in [6.07, 6.45) is 36.0. The molecule has 1 aliphatic heterocycles. The molecule has 2 heteroatoms. The van der Waals surface area contributed by atoms with Crippen LogP contribution in [-0.4, -0.2) is 5.71 Å². The van der Waals surface area contributed by atoms with E-state index in [9.17, 15) is 0 Å². The maximum Gasteiger partial charge on any atom is 0.145 e. The fourth-order valence-corrected chi connectivity index (χ4v) is 9.12. The second kappa shape index (κ2) is 14.1. The lowest BCUT2D eigenvalue weighted by atomic mass is 9.69. The minimum Gasteiger partial charge on any atom is -0.359 e. The first-order valence-corrected chi connectivity index (χ1v) is 19.8. The third-order valence-corrected chi connectivity index (χ3v) is 11.8. The minimum atomic E-state index is -0.202. The molecule has 1 heterocycles. The number of aliphatic imine (C=N–C) groups is 1. The fourth-order valence-electron chi connectivity index (χ4n) is 9.12. The van der Waals surface area contributed by atoms with Gasteiger partial charge in [0, 0.05) is 17.4 Å². The van der Waals surface area contributed by atoms with Crippen LogP contribution in [0.5, 0.6) is 0 Å². The first-order valence-electron chi connectivity index (χ1n) is 19.8. The van der Waals surface area contributed by atoms with Gasteiger partial charge in [0.25, 0.3) is 0 Å². The van der Waals surface area contributed by atoms with Crippen molar-refractivity contribution in [2.75, 3.05) is 0 Å². The number of benzene rings is 4. The number of hydrogen-bond donors (Lipinski definition) is 1. The number of hydrogen-bond acceptors (Lipinski definition) is 2. The van der Waals surface area contributed by atoms with Gasteiger partial charge in [-0.2, -0.15) is 0 Å². The Labute approximate surface area is 319 Å². The SMILES string of the molecule is C1=CCCC(C2=NC(c3cccc(-c4cccc(-c5ccc6c(c5)-c5ccccc5C5C=CC=CC65)c4)c3)NC(C3=CCCC=C3)=C2C2=CCCC=C2)=C1. The molecule has 262 valence electrons. The highest BCUT2D eigenvalue weighted by Crippen LogP contribution is 2.50. The standard InChI is InChI=1S/C52H44N2/c1-4-16-35(17-5-1)49-50(36-18-6-2-7-19-36)53-52(54-51(49)37-20-8-3-9-21-37)42-25-15-24-40(33-42)38-22-14-23-39(32-38)41-30-31-47-45-28-11-10-26-43(45)44-27-12-13-29-46(44)48(47)34-41/h2,4,6,8,10-18,20-34,43,45,52,54H,1,3,5,7,9,19H2. The average Bonchev–Trinajstić information content (AvgIpc) is 3.27. The normalized spacial score (nSPS) is 22.3. The second-order valence-electron chi connectivity index (χ2n) is 15.1. The van der Waals surface area contributed by atoms with E-state index in [1.807, 2.05) is 0 Å². The van der Waals surface area contributed by atoms with Gasteiger partial charge in [-0.05, 0) is 124 Å². The summed E-state index contributed by atoms with van der Waals surface area (Å²) in [5.41, 5.74) is 19.0. The molecule has 0 saturated heterocycles. The number of fused-ring (bicyclic) bond motifs is 6. The van der Waals surface area contributed by atoms with Crippen molar-refractivity contribution in [3.05, 3.63) is 215 Å². The molecule has 5 aliphatic carbocycles. The van der Waals surface area contributed by atoms with Gasteiger partial charge in [0.15, 0.2) is 0 Å². The van der Waals surface area contributed by atoms with E-state index in [-0.39, 0.29) is 6.17 Å². The van der Waals surface area contributed by atoms with Crippen LogP contribution < -0.4 is 5.32 Å². The lowest BCUT2D eigenvalue weighted by Gasteiger charge is -2.34. The number of rotatable bonds is 6. The van der Waals surface area contributed by atoms with Crippen molar-refractivity contribution in [3.8, 4) is 33.4 Å². The Kier molecular flexibility index (Phi) is 8.52. The van der Waals surface area contributed by atoms with Crippen LogP contribution in [0.2, 0.25) is 0 Å². The predicted molar refractivity (Wildman–Crippen MR) is 226 cm³/mol. The Bertz CT molecular complexity index is 2480. The highest BCUT2D eigenvalue weighted by atomic mass is 15.1. The summed E-state index contributed by atoms with van der Waals surface area (Å²) in [4.78, 5) is 5.58. The molecule has 1 N–H and O–H groups in total. The van der Waals surface area contributed by atoms with Crippen LogP contribution in [0.25, 0.3) is 33.4 Å². The predicted octanol–water partition coefficient (Wildman–Crippen LogP) is 13.1. The third-order valence-electron chi connectivity index (χ3n) is 11.8. The van der Waals surface area contributed by atoms with Crippen molar-refractivity contribution in [2.45, 2.75) is 56.5 Å². The summed E-state index contributed by atoms with van der Waals surface area (Å²) < 4.78 is 0. The molecule has 0 spiro atoms. The Morgan fingerprint density at radius 1 is 0.556 bits per heavy atom. The molecule has 54 heavy (non-hydrogen) atoms. The van der Waals surface area contributed by atoms with Gasteiger partial charge >= 0.3 is 0 Å². The largest absolute Gasteiger partial charge is 0.359 e. The molecular formula is C52H44N2. The molecular weight excluding hydrogens is 653 g/mol. The summed E-state index contributed by atoms with van der Waals surface area (Å²) in [6, 6.07) is 34.1. The van der Waals surface area contributed by atoms with Crippen LogP contribution in [0.15, 0.2) is 203 Å². The van der Waals surface area contributed by atoms with E-state index in [2.05, 4.69) is 175 Å². The van der Waals surface area contributed by atoms with E-state index in [0.29, 0.717) is 11.8 Å². The van der Waals surface area contributed by atoms with Crippen molar-refractivity contribution >= 4 is 5.71 Å². The molecule has 0 saturated carbocycles. The van der Waals surface area contributed by atoms with Gasteiger partial charge < -0.3 is 5.32 Å². The van der Waals surface area contributed by atoms with E-state index in [0.717, 1.165) is 44.2 Å². The molecule has 0 radical (unpaired) electrons. The third kappa shape index (κ3) is 5.96. The van der Waals surface area contributed by atoms with E-state index in [1.54, 1.807) is 0 Å². The number of nitrogens with zero attached hydrogens (tertiary/aromatic N) is 1. The van der Waals surface area contributed by atoms with Crippen LogP contribution in [0.3, 0.4) is 0 Å². The highest BCUT2D eigenvalue weighted by molar-refractivity contribution is 6.17. The van der Waals surface area contributed by atoms with Gasteiger partial charge in [-0.1, -0.05) is 152 Å². The first kappa shape index (κ1) is 32.6. The lowest BCUT2D eigenvalue weighted by Crippen LogP contribution is -2.31. The number of nitrogens with one attached hydrogen (secondary N) is 1. The van der Waals surface area contributed by atoms with Gasteiger partial charge in [-0.3, -0.25) is 4.99 Å². The summed E-state index contributed by atoms with van der Waals surface area (Å²) in [5, 5.41) is 3.97. The van der Waals surface area contributed by atoms with E-state index < -0.39 is 0 Å². The summed E-state index contributed by atoms with van der Waals surface area (Å²) >= 11 is 0. The molecule has 3 unspecified atom stereocenters. The van der Waals surface area contributed by atoms with Crippen LogP contribution in [-0.2, 0) is 0 Å². The zero-order valence-corrected chi connectivity index (χ0v) is 30.6. The van der Waals surface area contributed by atoms with Crippen molar-refractivity contribution in [1.29, 1.82) is 0 Å². The Balaban J connectivity index is 1.02. The minimum absolute atomic E-state index is 0.202. The van der Waals surface area contributed by atoms with Gasteiger partial charge in [0.1, 0.15) is 6.17 Å². The molecule has 4 aromatic rings.